The summed E-state index contributed by atoms with van der Waals surface area (Å²) in [7, 11) is -2.63. The summed E-state index contributed by atoms with van der Waals surface area (Å²) >= 11 is 0. The Labute approximate surface area is 122 Å². The number of unbranched alkanes of at least 4 members (excludes halogenated alkanes) is 2. The number of rotatable bonds is 7. The standard InChI is InChI=1S/C8H17O3P.Ba/c1-8(2)6-4-3-5-7-11-12(9)10;/h8H,3-7H2,1-2H3;/q-2;+2. The zero-order valence-corrected chi connectivity index (χ0v) is 13.8. The molecule has 0 saturated heterocycles. The van der Waals surface area contributed by atoms with Crippen LogP contribution in [0.5, 0.6) is 0 Å². The summed E-state index contributed by atoms with van der Waals surface area (Å²) in [5, 5.41) is 0. The molecule has 0 aliphatic rings. The SMILES string of the molecule is CC(C)CCCCCOP([O-])[O-].[Ba+2]. The molecule has 5 heteroatoms. The van der Waals surface area contributed by atoms with Gasteiger partial charge in [0.15, 0.2) is 0 Å². The molecule has 0 rings (SSSR count). The van der Waals surface area contributed by atoms with Crippen molar-refractivity contribution in [2.45, 2.75) is 39.5 Å². The van der Waals surface area contributed by atoms with E-state index in [4.69, 9.17) is 0 Å². The third-order valence-corrected chi connectivity index (χ3v) is 2.02. The molecule has 0 N–H and O–H groups in total. The Balaban J connectivity index is 0. The average Bonchev–Trinajstić information content (AvgIpc) is 1.95. The minimum Gasteiger partial charge on any atom is -0.820 e. The van der Waals surface area contributed by atoms with E-state index in [1.807, 2.05) is 0 Å². The minimum absolute atomic E-state index is 0. The first-order valence-electron chi connectivity index (χ1n) is 4.40. The van der Waals surface area contributed by atoms with Gasteiger partial charge in [-0.2, -0.15) is 8.60 Å². The molecule has 0 spiro atoms. The van der Waals surface area contributed by atoms with E-state index in [1.165, 1.54) is 6.42 Å². The largest absolute Gasteiger partial charge is 2.00 e. The molecular weight excluding hydrogens is 312 g/mol. The van der Waals surface area contributed by atoms with Crippen molar-refractivity contribution in [2.75, 3.05) is 6.61 Å². The van der Waals surface area contributed by atoms with Gasteiger partial charge in [0.2, 0.25) is 0 Å². The van der Waals surface area contributed by atoms with Gasteiger partial charge in [0, 0.05) is 6.61 Å². The maximum atomic E-state index is 9.96. The van der Waals surface area contributed by atoms with E-state index in [9.17, 15) is 9.79 Å². The van der Waals surface area contributed by atoms with Crippen LogP contribution >= 0.6 is 8.60 Å². The molecule has 74 valence electrons. The van der Waals surface area contributed by atoms with Crippen LogP contribution in [-0.2, 0) is 4.52 Å². The molecule has 0 amide bonds. The second kappa shape index (κ2) is 12.0. The van der Waals surface area contributed by atoms with E-state index in [-0.39, 0.29) is 48.9 Å². The Morgan fingerprint density at radius 1 is 1.15 bits per heavy atom. The van der Waals surface area contributed by atoms with E-state index in [1.54, 1.807) is 0 Å². The Morgan fingerprint density at radius 2 is 1.77 bits per heavy atom. The Morgan fingerprint density at radius 3 is 2.23 bits per heavy atom. The van der Waals surface area contributed by atoms with Crippen molar-refractivity contribution < 1.29 is 14.3 Å². The third kappa shape index (κ3) is 16.6. The van der Waals surface area contributed by atoms with E-state index < -0.39 is 8.60 Å². The summed E-state index contributed by atoms with van der Waals surface area (Å²) in [5.74, 6) is 0.738. The molecule has 0 aromatic rings. The Bertz CT molecular complexity index is 89.4. The molecule has 0 atom stereocenters. The monoisotopic (exact) mass is 330 g/mol. The molecule has 0 aromatic carbocycles. The second-order valence-electron chi connectivity index (χ2n) is 3.30. The van der Waals surface area contributed by atoms with Crippen LogP contribution in [0.1, 0.15) is 39.5 Å². The summed E-state index contributed by atoms with van der Waals surface area (Å²) in [6.45, 7) is 4.72. The first kappa shape index (κ1) is 17.3. The first-order chi connectivity index (χ1) is 5.63. The number of hydrogen-bond donors (Lipinski definition) is 0. The molecule has 0 saturated carbocycles. The van der Waals surface area contributed by atoms with Crippen LogP contribution in [0.2, 0.25) is 0 Å². The minimum atomic E-state index is -2.63. The summed E-state index contributed by atoms with van der Waals surface area (Å²) in [4.78, 5) is 19.9. The summed E-state index contributed by atoms with van der Waals surface area (Å²) in [6.07, 6.45) is 4.28. The number of hydrogen-bond acceptors (Lipinski definition) is 3. The third-order valence-electron chi connectivity index (χ3n) is 1.62. The molecule has 0 fully saturated rings. The molecule has 0 bridgehead atoms. The summed E-state index contributed by atoms with van der Waals surface area (Å²) in [6, 6.07) is 0. The molecule has 0 aliphatic heterocycles. The van der Waals surface area contributed by atoms with Crippen LogP contribution in [0.25, 0.3) is 0 Å². The van der Waals surface area contributed by atoms with Gasteiger partial charge in [0.25, 0.3) is 0 Å². The van der Waals surface area contributed by atoms with Crippen molar-refractivity contribution in [1.82, 2.24) is 0 Å². The van der Waals surface area contributed by atoms with Gasteiger partial charge in [-0.25, -0.2) is 0 Å². The van der Waals surface area contributed by atoms with Gasteiger partial charge >= 0.3 is 48.9 Å². The summed E-state index contributed by atoms with van der Waals surface area (Å²) in [5.41, 5.74) is 0. The fraction of sp³-hybridized carbons (Fsp3) is 1.00. The van der Waals surface area contributed by atoms with E-state index in [0.717, 1.165) is 25.2 Å². The van der Waals surface area contributed by atoms with E-state index >= 15 is 0 Å². The van der Waals surface area contributed by atoms with Crippen LogP contribution in [0.3, 0.4) is 0 Å². The van der Waals surface area contributed by atoms with E-state index in [0.29, 0.717) is 6.61 Å². The van der Waals surface area contributed by atoms with Gasteiger partial charge in [0.05, 0.1) is 0 Å². The zero-order chi connectivity index (χ0) is 9.40. The molecular formula is C8H17BaO3P. The normalized spacial score (nSPS) is 10.6. The van der Waals surface area contributed by atoms with Gasteiger partial charge in [-0.05, 0) is 12.3 Å². The maximum Gasteiger partial charge on any atom is 2.00 e. The topological polar surface area (TPSA) is 55.3 Å². The van der Waals surface area contributed by atoms with Crippen molar-refractivity contribution >= 4 is 57.5 Å². The molecule has 3 nitrogen and oxygen atoms in total. The Hall–Kier alpha value is 1.88. The molecule has 0 aromatic heterocycles. The van der Waals surface area contributed by atoms with Crippen LogP contribution in [0, 0.1) is 5.92 Å². The van der Waals surface area contributed by atoms with Crippen LogP contribution in [0.4, 0.5) is 0 Å². The van der Waals surface area contributed by atoms with Crippen molar-refractivity contribution in [3.05, 3.63) is 0 Å². The first-order valence-corrected chi connectivity index (χ1v) is 5.49. The molecule has 0 unspecified atom stereocenters. The quantitative estimate of drug-likeness (QED) is 0.394. The van der Waals surface area contributed by atoms with Crippen molar-refractivity contribution in [2.24, 2.45) is 5.92 Å². The van der Waals surface area contributed by atoms with Gasteiger partial charge in [-0.3, -0.25) is 0 Å². The predicted octanol–water partition coefficient (Wildman–Crippen LogP) is 0.786. The maximum absolute atomic E-state index is 9.96. The van der Waals surface area contributed by atoms with Crippen LogP contribution in [0.15, 0.2) is 0 Å². The smallest absolute Gasteiger partial charge is 0.820 e. The van der Waals surface area contributed by atoms with E-state index in [2.05, 4.69) is 18.4 Å². The van der Waals surface area contributed by atoms with Crippen LogP contribution in [-0.4, -0.2) is 55.5 Å². The fourth-order valence-electron chi connectivity index (χ4n) is 0.971. The molecule has 0 aliphatic carbocycles. The van der Waals surface area contributed by atoms with Gasteiger partial charge in [-0.1, -0.05) is 33.1 Å². The van der Waals surface area contributed by atoms with Crippen molar-refractivity contribution in [1.29, 1.82) is 0 Å². The van der Waals surface area contributed by atoms with Crippen molar-refractivity contribution in [3.63, 3.8) is 0 Å². The van der Waals surface area contributed by atoms with Crippen LogP contribution < -0.4 is 9.79 Å². The fourth-order valence-corrected chi connectivity index (χ4v) is 1.25. The van der Waals surface area contributed by atoms with Gasteiger partial charge in [-0.15, -0.1) is 0 Å². The predicted molar refractivity (Wildman–Crippen MR) is 51.9 cm³/mol. The average molecular weight is 330 g/mol. The Kier molecular flexibility index (Phi) is 15.9. The van der Waals surface area contributed by atoms with Gasteiger partial charge < -0.3 is 14.3 Å². The summed E-state index contributed by atoms with van der Waals surface area (Å²) < 4.78 is 4.40. The molecule has 0 radical (unpaired) electrons. The van der Waals surface area contributed by atoms with Crippen molar-refractivity contribution in [3.8, 4) is 0 Å². The zero-order valence-electron chi connectivity index (χ0n) is 8.49. The molecule has 0 heterocycles. The molecule has 13 heavy (non-hydrogen) atoms. The second-order valence-corrected chi connectivity index (χ2v) is 4.01. The van der Waals surface area contributed by atoms with Gasteiger partial charge in [0.1, 0.15) is 0 Å².